The van der Waals surface area contributed by atoms with Gasteiger partial charge in [-0.2, -0.15) is 0 Å². The Kier molecular flexibility index (Phi) is 5.76. The van der Waals surface area contributed by atoms with Gasteiger partial charge in [-0.3, -0.25) is 4.79 Å². The highest BCUT2D eigenvalue weighted by molar-refractivity contribution is 6.30. The fourth-order valence-corrected chi connectivity index (χ4v) is 3.33. The van der Waals surface area contributed by atoms with E-state index in [0.717, 1.165) is 41.7 Å². The number of nitrogens with zero attached hydrogens (tertiary/aromatic N) is 2. The standard InChI is InChI=1S/C19H23ClN2O3/c1-3-18(23)22(12-16-5-4-8-25-16)11-14-9-13-6-7-15(24-2)10-17(13)21-19(14)20/h6-7,9-10,16H,3-5,8,11-12H2,1-2H3/t16-/m1/s1. The predicted octanol–water partition coefficient (Wildman–Crippen LogP) is 3.81. The first-order valence-corrected chi connectivity index (χ1v) is 9.01. The molecule has 1 aromatic heterocycles. The lowest BCUT2D eigenvalue weighted by molar-refractivity contribution is -0.133. The molecule has 0 N–H and O–H groups in total. The molecule has 0 bridgehead atoms. The Bertz CT molecular complexity index is 760. The number of ether oxygens (including phenoxy) is 2. The minimum absolute atomic E-state index is 0.0985. The molecule has 1 aromatic carbocycles. The minimum atomic E-state index is 0.0985. The van der Waals surface area contributed by atoms with Crippen LogP contribution in [0.25, 0.3) is 10.9 Å². The van der Waals surface area contributed by atoms with Gasteiger partial charge in [0.05, 0.1) is 18.7 Å². The quantitative estimate of drug-likeness (QED) is 0.733. The number of benzene rings is 1. The van der Waals surface area contributed by atoms with E-state index in [9.17, 15) is 4.79 Å². The van der Waals surface area contributed by atoms with Crippen LogP contribution in [0.1, 0.15) is 31.7 Å². The van der Waals surface area contributed by atoms with Gasteiger partial charge >= 0.3 is 0 Å². The van der Waals surface area contributed by atoms with Gasteiger partial charge in [-0.15, -0.1) is 0 Å². The summed E-state index contributed by atoms with van der Waals surface area (Å²) in [5.41, 5.74) is 1.62. The minimum Gasteiger partial charge on any atom is -0.497 e. The van der Waals surface area contributed by atoms with Gasteiger partial charge in [0.15, 0.2) is 0 Å². The maximum atomic E-state index is 12.4. The monoisotopic (exact) mass is 362 g/mol. The summed E-state index contributed by atoms with van der Waals surface area (Å²) in [5, 5.41) is 1.39. The van der Waals surface area contributed by atoms with Crippen LogP contribution in [-0.4, -0.2) is 42.2 Å². The third-order valence-corrected chi connectivity index (χ3v) is 4.84. The first-order valence-electron chi connectivity index (χ1n) is 8.63. The molecule has 1 atom stereocenters. The number of carbonyl (C=O) groups excluding carboxylic acids is 1. The van der Waals surface area contributed by atoms with E-state index in [-0.39, 0.29) is 12.0 Å². The van der Waals surface area contributed by atoms with Crippen molar-refractivity contribution in [3.8, 4) is 5.75 Å². The number of hydrogen-bond donors (Lipinski definition) is 0. The lowest BCUT2D eigenvalue weighted by atomic mass is 10.1. The molecule has 0 saturated carbocycles. The average molecular weight is 363 g/mol. The van der Waals surface area contributed by atoms with Crippen molar-refractivity contribution in [2.45, 2.75) is 38.8 Å². The second-order valence-electron chi connectivity index (χ2n) is 6.26. The second-order valence-corrected chi connectivity index (χ2v) is 6.62. The molecule has 1 aliphatic heterocycles. The topological polar surface area (TPSA) is 51.7 Å². The molecular weight excluding hydrogens is 340 g/mol. The van der Waals surface area contributed by atoms with Crippen molar-refractivity contribution < 1.29 is 14.3 Å². The Labute approximate surface area is 152 Å². The van der Waals surface area contributed by atoms with Gasteiger partial charge in [-0.25, -0.2) is 4.98 Å². The highest BCUT2D eigenvalue weighted by atomic mass is 35.5. The number of halogens is 1. The predicted molar refractivity (Wildman–Crippen MR) is 98.0 cm³/mol. The van der Waals surface area contributed by atoms with E-state index in [1.807, 2.05) is 36.1 Å². The molecule has 1 aliphatic rings. The van der Waals surface area contributed by atoms with Gasteiger partial charge in [-0.05, 0) is 31.0 Å². The maximum absolute atomic E-state index is 12.4. The number of amides is 1. The molecular formula is C19H23ClN2O3. The van der Waals surface area contributed by atoms with E-state index in [0.29, 0.717) is 24.7 Å². The zero-order valence-electron chi connectivity index (χ0n) is 14.6. The van der Waals surface area contributed by atoms with Crippen LogP contribution >= 0.6 is 11.6 Å². The van der Waals surface area contributed by atoms with E-state index < -0.39 is 0 Å². The number of pyridine rings is 1. The van der Waals surface area contributed by atoms with Crippen LogP contribution in [0, 0.1) is 0 Å². The summed E-state index contributed by atoms with van der Waals surface area (Å²) in [4.78, 5) is 18.7. The molecule has 1 amide bonds. The Balaban J connectivity index is 1.84. The molecule has 0 unspecified atom stereocenters. The number of aromatic nitrogens is 1. The lowest BCUT2D eigenvalue weighted by Crippen LogP contribution is -2.36. The summed E-state index contributed by atoms with van der Waals surface area (Å²) in [7, 11) is 1.62. The number of methoxy groups -OCH3 is 1. The number of carbonyl (C=O) groups is 1. The van der Waals surface area contributed by atoms with Gasteiger partial charge in [0, 0.05) is 43.1 Å². The summed E-state index contributed by atoms with van der Waals surface area (Å²) >= 11 is 6.39. The molecule has 0 aliphatic carbocycles. The number of hydrogen-bond acceptors (Lipinski definition) is 4. The Hall–Kier alpha value is -1.85. The van der Waals surface area contributed by atoms with Crippen LogP contribution in [0.3, 0.4) is 0 Å². The van der Waals surface area contributed by atoms with Crippen molar-refractivity contribution in [2.24, 2.45) is 0 Å². The fraction of sp³-hybridized carbons (Fsp3) is 0.474. The van der Waals surface area contributed by atoms with E-state index in [2.05, 4.69) is 4.98 Å². The van der Waals surface area contributed by atoms with Gasteiger partial charge in [-0.1, -0.05) is 18.5 Å². The zero-order valence-corrected chi connectivity index (χ0v) is 15.4. The summed E-state index contributed by atoms with van der Waals surface area (Å²) in [6.07, 6.45) is 2.63. The van der Waals surface area contributed by atoms with E-state index in [1.54, 1.807) is 7.11 Å². The molecule has 2 heterocycles. The molecule has 3 rings (SSSR count). The van der Waals surface area contributed by atoms with Crippen LogP contribution in [0.15, 0.2) is 24.3 Å². The molecule has 2 aromatic rings. The largest absolute Gasteiger partial charge is 0.497 e. The van der Waals surface area contributed by atoms with Crippen molar-refractivity contribution in [2.75, 3.05) is 20.3 Å². The SMILES string of the molecule is CCC(=O)N(Cc1cc2ccc(OC)cc2nc1Cl)C[C@H]1CCCO1. The first-order chi connectivity index (χ1) is 12.1. The number of rotatable bonds is 6. The van der Waals surface area contributed by atoms with Crippen molar-refractivity contribution in [3.63, 3.8) is 0 Å². The third-order valence-electron chi connectivity index (χ3n) is 4.52. The Morgan fingerprint density at radius 1 is 1.44 bits per heavy atom. The summed E-state index contributed by atoms with van der Waals surface area (Å²) in [6.45, 7) is 3.69. The normalized spacial score (nSPS) is 17.0. The van der Waals surface area contributed by atoms with Crippen LogP contribution in [0.2, 0.25) is 5.15 Å². The first kappa shape index (κ1) is 18.0. The highest BCUT2D eigenvalue weighted by Crippen LogP contribution is 2.26. The van der Waals surface area contributed by atoms with E-state index >= 15 is 0 Å². The van der Waals surface area contributed by atoms with E-state index in [4.69, 9.17) is 21.1 Å². The molecule has 6 heteroatoms. The molecule has 0 radical (unpaired) electrons. The van der Waals surface area contributed by atoms with Gasteiger partial charge in [0.1, 0.15) is 10.9 Å². The molecule has 5 nitrogen and oxygen atoms in total. The van der Waals surface area contributed by atoms with Crippen molar-refractivity contribution in [1.82, 2.24) is 9.88 Å². The van der Waals surface area contributed by atoms with Crippen LogP contribution in [-0.2, 0) is 16.1 Å². The molecule has 1 saturated heterocycles. The number of fused-ring (bicyclic) bond motifs is 1. The van der Waals surface area contributed by atoms with Crippen LogP contribution in [0.5, 0.6) is 5.75 Å². The molecule has 1 fully saturated rings. The average Bonchev–Trinajstić information content (AvgIpc) is 3.13. The smallest absolute Gasteiger partial charge is 0.222 e. The third kappa shape index (κ3) is 4.22. The molecule has 0 spiro atoms. The van der Waals surface area contributed by atoms with Gasteiger partial charge < -0.3 is 14.4 Å². The lowest BCUT2D eigenvalue weighted by Gasteiger charge is -2.25. The van der Waals surface area contributed by atoms with Crippen LogP contribution in [0.4, 0.5) is 0 Å². The van der Waals surface area contributed by atoms with Crippen LogP contribution < -0.4 is 4.74 Å². The molecule has 134 valence electrons. The highest BCUT2D eigenvalue weighted by Gasteiger charge is 2.23. The van der Waals surface area contributed by atoms with E-state index in [1.165, 1.54) is 0 Å². The summed E-state index contributed by atoms with van der Waals surface area (Å²) in [5.74, 6) is 0.839. The zero-order chi connectivity index (χ0) is 17.8. The van der Waals surface area contributed by atoms with Gasteiger partial charge in [0.2, 0.25) is 5.91 Å². The second kappa shape index (κ2) is 8.02. The molecule has 25 heavy (non-hydrogen) atoms. The maximum Gasteiger partial charge on any atom is 0.222 e. The fourth-order valence-electron chi connectivity index (χ4n) is 3.12. The van der Waals surface area contributed by atoms with Gasteiger partial charge in [0.25, 0.3) is 0 Å². The Morgan fingerprint density at radius 2 is 2.28 bits per heavy atom. The Morgan fingerprint density at radius 3 is 2.96 bits per heavy atom. The summed E-state index contributed by atoms with van der Waals surface area (Å²) in [6, 6.07) is 7.69. The van der Waals surface area contributed by atoms with Crippen molar-refractivity contribution in [3.05, 3.63) is 35.0 Å². The van der Waals surface area contributed by atoms with Crippen molar-refractivity contribution >= 4 is 28.4 Å². The van der Waals surface area contributed by atoms with Crippen molar-refractivity contribution in [1.29, 1.82) is 0 Å². The summed E-state index contributed by atoms with van der Waals surface area (Å²) < 4.78 is 10.9.